The van der Waals surface area contributed by atoms with Crippen molar-refractivity contribution in [1.82, 2.24) is 14.8 Å². The van der Waals surface area contributed by atoms with E-state index in [0.29, 0.717) is 19.5 Å². The molecule has 4 rings (SSSR count). The van der Waals surface area contributed by atoms with E-state index in [9.17, 15) is 28.3 Å². The average Bonchev–Trinajstić information content (AvgIpc) is 2.83. The first-order valence-electron chi connectivity index (χ1n) is 11.2. The molecule has 184 valence electrons. The summed E-state index contributed by atoms with van der Waals surface area (Å²) < 4.78 is 34.4. The zero-order chi connectivity index (χ0) is 24.9. The highest BCUT2D eigenvalue weighted by molar-refractivity contribution is 5.79. The highest BCUT2D eigenvalue weighted by Crippen LogP contribution is 2.20. The number of ether oxygens (including phenoxy) is 1. The number of hydrogen-bond donors (Lipinski definition) is 2. The van der Waals surface area contributed by atoms with Gasteiger partial charge in [-0.15, -0.1) is 0 Å². The third kappa shape index (κ3) is 5.83. The van der Waals surface area contributed by atoms with Crippen LogP contribution < -0.4 is 10.9 Å². The average molecular weight is 485 g/mol. The number of piperidine rings is 1. The van der Waals surface area contributed by atoms with Crippen molar-refractivity contribution in [1.29, 1.82) is 0 Å². The molecule has 35 heavy (non-hydrogen) atoms. The van der Waals surface area contributed by atoms with Crippen LogP contribution in [0.3, 0.4) is 0 Å². The maximum atomic E-state index is 14.1. The van der Waals surface area contributed by atoms with Gasteiger partial charge in [-0.05, 0) is 24.1 Å². The van der Waals surface area contributed by atoms with Crippen LogP contribution in [0.15, 0.2) is 59.4 Å². The Hall–Kier alpha value is -3.79. The van der Waals surface area contributed by atoms with Gasteiger partial charge in [0.1, 0.15) is 18.2 Å². The summed E-state index contributed by atoms with van der Waals surface area (Å²) in [6, 6.07) is 12.9. The second-order valence-electron chi connectivity index (χ2n) is 8.49. The lowest BCUT2D eigenvalue weighted by atomic mass is 9.92. The molecule has 2 aromatic carbocycles. The molecule has 1 aliphatic heterocycles. The van der Waals surface area contributed by atoms with Crippen LogP contribution in [0.1, 0.15) is 12.0 Å². The Morgan fingerprint density at radius 3 is 2.60 bits per heavy atom. The highest BCUT2D eigenvalue weighted by atomic mass is 19.1. The van der Waals surface area contributed by atoms with Crippen molar-refractivity contribution in [2.75, 3.05) is 19.6 Å². The minimum absolute atomic E-state index is 0.0736. The molecule has 2 heterocycles. The number of nitrogens with one attached hydrogen (secondary N) is 1. The van der Waals surface area contributed by atoms with Gasteiger partial charge in [0.15, 0.2) is 0 Å². The Balaban J connectivity index is 1.38. The number of carboxylic acid groups (broad SMARTS) is 1. The molecule has 1 amide bonds. The third-order valence-electron chi connectivity index (χ3n) is 6.19. The molecule has 1 aromatic heterocycles. The molecule has 10 heteroatoms. The van der Waals surface area contributed by atoms with Crippen LogP contribution in [-0.4, -0.2) is 52.3 Å². The van der Waals surface area contributed by atoms with Crippen LogP contribution in [0.2, 0.25) is 0 Å². The summed E-state index contributed by atoms with van der Waals surface area (Å²) in [5.74, 6) is -3.49. The van der Waals surface area contributed by atoms with Crippen LogP contribution in [0.5, 0.6) is 0 Å². The van der Waals surface area contributed by atoms with Gasteiger partial charge >= 0.3 is 12.1 Å². The monoisotopic (exact) mass is 485 g/mol. The summed E-state index contributed by atoms with van der Waals surface area (Å²) in [7, 11) is 0. The lowest BCUT2D eigenvalue weighted by Gasteiger charge is -2.36. The molecule has 0 radical (unpaired) electrons. The van der Waals surface area contributed by atoms with E-state index < -0.39 is 41.2 Å². The minimum Gasteiger partial charge on any atom is -0.481 e. The molecular weight excluding hydrogens is 460 g/mol. The van der Waals surface area contributed by atoms with E-state index in [1.165, 1.54) is 16.7 Å². The molecule has 8 nitrogen and oxygen atoms in total. The Bertz CT molecular complexity index is 1280. The fraction of sp³-hybridized carbons (Fsp3) is 0.320. The predicted octanol–water partition coefficient (Wildman–Crippen LogP) is 2.98. The SMILES string of the molecule is O=C(N[C@@H]1CCN(CCn2c(=O)ccc3c(F)cc(F)cc32)C[C@@H]1C(=O)O)OCc1ccccc1. The normalized spacial score (nSPS) is 18.3. The summed E-state index contributed by atoms with van der Waals surface area (Å²) >= 11 is 0. The number of carboxylic acids is 1. The van der Waals surface area contributed by atoms with Gasteiger partial charge < -0.3 is 24.6 Å². The van der Waals surface area contributed by atoms with Crippen LogP contribution in [0.25, 0.3) is 10.9 Å². The van der Waals surface area contributed by atoms with Crippen LogP contribution in [-0.2, 0) is 22.7 Å². The first-order chi connectivity index (χ1) is 16.8. The van der Waals surface area contributed by atoms with Gasteiger partial charge in [0.2, 0.25) is 0 Å². The molecule has 0 saturated carbocycles. The Morgan fingerprint density at radius 1 is 1.09 bits per heavy atom. The molecule has 0 aliphatic carbocycles. The van der Waals surface area contributed by atoms with Crippen molar-refractivity contribution in [3.8, 4) is 0 Å². The molecule has 1 fully saturated rings. The number of amides is 1. The molecule has 2 atom stereocenters. The lowest BCUT2D eigenvalue weighted by molar-refractivity contribution is -0.144. The van der Waals surface area contributed by atoms with Crippen LogP contribution in [0.4, 0.5) is 13.6 Å². The molecule has 3 aromatic rings. The van der Waals surface area contributed by atoms with Gasteiger partial charge in [-0.25, -0.2) is 13.6 Å². The Morgan fingerprint density at radius 2 is 1.86 bits per heavy atom. The van der Waals surface area contributed by atoms with Crippen LogP contribution in [0, 0.1) is 17.6 Å². The van der Waals surface area contributed by atoms with Crippen LogP contribution >= 0.6 is 0 Å². The zero-order valence-corrected chi connectivity index (χ0v) is 18.8. The maximum absolute atomic E-state index is 14.1. The number of halogens is 2. The van der Waals surface area contributed by atoms with Gasteiger partial charge in [0.05, 0.1) is 11.4 Å². The fourth-order valence-corrected chi connectivity index (χ4v) is 4.36. The number of benzene rings is 2. The summed E-state index contributed by atoms with van der Waals surface area (Å²) in [4.78, 5) is 38.4. The van der Waals surface area contributed by atoms with Crippen molar-refractivity contribution in [2.45, 2.75) is 25.6 Å². The standard InChI is InChI=1S/C25H25F2N3O5/c26-17-12-20(27)18-6-7-23(31)30(22(18)13-17)11-10-29-9-8-21(19(14-29)24(32)33)28-25(34)35-15-16-4-2-1-3-5-16/h1-7,12-13,19,21H,8-11,14-15H2,(H,28,34)(H,32,33)/t19-,21+/m0/s1. The van der Waals surface area contributed by atoms with E-state index in [1.807, 2.05) is 35.2 Å². The number of fused-ring (bicyclic) bond motifs is 1. The highest BCUT2D eigenvalue weighted by Gasteiger charge is 2.35. The topological polar surface area (TPSA) is 101 Å². The number of pyridine rings is 1. The number of nitrogens with zero attached hydrogens (tertiary/aromatic N) is 2. The fourth-order valence-electron chi connectivity index (χ4n) is 4.36. The second kappa shape index (κ2) is 10.6. The number of alkyl carbamates (subject to hydrolysis) is 1. The first kappa shape index (κ1) is 24.3. The molecule has 1 aliphatic rings. The minimum atomic E-state index is -1.06. The molecule has 0 unspecified atom stereocenters. The van der Waals surface area contributed by atoms with Crippen molar-refractivity contribution in [3.63, 3.8) is 0 Å². The number of aliphatic carboxylic acids is 1. The maximum Gasteiger partial charge on any atom is 0.407 e. The Kier molecular flexibility index (Phi) is 7.40. The van der Waals surface area contributed by atoms with Gasteiger partial charge in [0, 0.05) is 49.7 Å². The van der Waals surface area contributed by atoms with E-state index in [1.54, 1.807) is 0 Å². The number of rotatable bonds is 7. The number of hydrogen-bond acceptors (Lipinski definition) is 5. The van der Waals surface area contributed by atoms with E-state index >= 15 is 0 Å². The molecule has 0 bridgehead atoms. The van der Waals surface area contributed by atoms with Crippen molar-refractivity contribution >= 4 is 23.0 Å². The van der Waals surface area contributed by atoms with E-state index in [-0.39, 0.29) is 30.6 Å². The third-order valence-corrected chi connectivity index (χ3v) is 6.19. The number of carbonyl (C=O) groups is 2. The quantitative estimate of drug-likeness (QED) is 0.534. The summed E-state index contributed by atoms with van der Waals surface area (Å²) in [6.45, 7) is 1.11. The largest absolute Gasteiger partial charge is 0.481 e. The molecule has 0 spiro atoms. The lowest BCUT2D eigenvalue weighted by Crippen LogP contribution is -2.54. The summed E-state index contributed by atoms with van der Waals surface area (Å²) in [6.07, 6.45) is -0.324. The molecule has 2 N–H and O–H groups in total. The second-order valence-corrected chi connectivity index (χ2v) is 8.49. The Labute approximate surface area is 199 Å². The smallest absolute Gasteiger partial charge is 0.407 e. The van der Waals surface area contributed by atoms with Gasteiger partial charge in [-0.3, -0.25) is 9.59 Å². The van der Waals surface area contributed by atoms with E-state index in [4.69, 9.17) is 4.74 Å². The number of aromatic nitrogens is 1. The van der Waals surface area contributed by atoms with Crippen molar-refractivity contribution < 1.29 is 28.2 Å². The van der Waals surface area contributed by atoms with E-state index in [0.717, 1.165) is 17.7 Å². The van der Waals surface area contributed by atoms with Gasteiger partial charge in [-0.2, -0.15) is 0 Å². The van der Waals surface area contributed by atoms with Crippen molar-refractivity contribution in [2.24, 2.45) is 5.92 Å². The molecule has 1 saturated heterocycles. The van der Waals surface area contributed by atoms with Gasteiger partial charge in [0.25, 0.3) is 5.56 Å². The van der Waals surface area contributed by atoms with Gasteiger partial charge in [-0.1, -0.05) is 30.3 Å². The number of likely N-dealkylation sites (tertiary alicyclic amines) is 1. The summed E-state index contributed by atoms with van der Waals surface area (Å²) in [5, 5.41) is 12.5. The van der Waals surface area contributed by atoms with E-state index in [2.05, 4.69) is 5.32 Å². The summed E-state index contributed by atoms with van der Waals surface area (Å²) in [5.41, 5.74) is 0.549. The zero-order valence-electron chi connectivity index (χ0n) is 18.8. The predicted molar refractivity (Wildman–Crippen MR) is 124 cm³/mol. The molecular formula is C25H25F2N3O5. The first-order valence-corrected chi connectivity index (χ1v) is 11.2. The number of carbonyl (C=O) groups excluding carboxylic acids is 1. The van der Waals surface area contributed by atoms with Crippen molar-refractivity contribution in [3.05, 3.63) is 82.1 Å².